The van der Waals surface area contributed by atoms with E-state index in [2.05, 4.69) is 20.6 Å². The fourth-order valence-corrected chi connectivity index (χ4v) is 1.42. The van der Waals surface area contributed by atoms with Gasteiger partial charge in [-0.3, -0.25) is 9.78 Å². The number of halogens is 1. The van der Waals surface area contributed by atoms with E-state index in [0.29, 0.717) is 18.1 Å². The van der Waals surface area contributed by atoms with Gasteiger partial charge in [-0.1, -0.05) is 0 Å². The Balaban J connectivity index is 0.00000112. The lowest BCUT2D eigenvalue weighted by atomic mass is 10.0. The van der Waals surface area contributed by atoms with Crippen LogP contribution in [-0.4, -0.2) is 22.1 Å². The topological polar surface area (TPSA) is 95.8 Å². The zero-order chi connectivity index (χ0) is 10.3. The van der Waals surface area contributed by atoms with Crippen LogP contribution in [0.15, 0.2) is 4.79 Å². The maximum absolute atomic E-state index is 11.5. The molecule has 0 aromatic carbocycles. The van der Waals surface area contributed by atoms with Crippen molar-refractivity contribution in [2.45, 2.75) is 19.4 Å². The van der Waals surface area contributed by atoms with Crippen molar-refractivity contribution < 1.29 is 0 Å². The average Bonchev–Trinajstić information content (AvgIpc) is 2.06. The van der Waals surface area contributed by atoms with Gasteiger partial charge in [0.05, 0.1) is 0 Å². The molecule has 1 aromatic heterocycles. The molecule has 0 radical (unpaired) electrons. The number of nitrogens with zero attached hydrogens (tertiary/aromatic N) is 1. The van der Waals surface area contributed by atoms with Crippen LogP contribution in [0.25, 0.3) is 0 Å². The van der Waals surface area contributed by atoms with Crippen molar-refractivity contribution >= 4 is 29.9 Å². The molecule has 0 saturated heterocycles. The quantitative estimate of drug-likeness (QED) is 0.518. The first-order valence-corrected chi connectivity index (χ1v) is 4.40. The van der Waals surface area contributed by atoms with Gasteiger partial charge in [-0.15, -0.1) is 12.4 Å². The fraction of sp³-hybridized carbons (Fsp3) is 0.500. The van der Waals surface area contributed by atoms with E-state index < -0.39 is 0 Å². The van der Waals surface area contributed by atoms with Crippen LogP contribution in [0.5, 0.6) is 0 Å². The highest BCUT2D eigenvalue weighted by Crippen LogP contribution is 2.24. The molecule has 1 aliphatic rings. The third-order valence-corrected chi connectivity index (χ3v) is 2.10. The first-order chi connectivity index (χ1) is 6.48. The van der Waals surface area contributed by atoms with E-state index in [9.17, 15) is 4.79 Å². The Morgan fingerprint density at radius 1 is 1.47 bits per heavy atom. The third kappa shape index (κ3) is 2.15. The van der Waals surface area contributed by atoms with Crippen LogP contribution < -0.4 is 21.9 Å². The average molecular weight is 232 g/mol. The van der Waals surface area contributed by atoms with Crippen molar-refractivity contribution in [3.63, 3.8) is 0 Å². The number of aromatic nitrogens is 2. The third-order valence-electron chi connectivity index (χ3n) is 2.10. The maximum Gasteiger partial charge on any atom is 0.277 e. The summed E-state index contributed by atoms with van der Waals surface area (Å²) in [7, 11) is 0. The fourth-order valence-electron chi connectivity index (χ4n) is 1.42. The van der Waals surface area contributed by atoms with Crippen LogP contribution >= 0.6 is 12.4 Å². The number of nitrogen functional groups attached to an aromatic ring is 1. The van der Waals surface area contributed by atoms with Gasteiger partial charge in [0.2, 0.25) is 5.95 Å². The number of H-pyrrole nitrogens is 1. The molecular formula is C8H14ClN5O. The molecule has 15 heavy (non-hydrogen) atoms. The van der Waals surface area contributed by atoms with Crippen molar-refractivity contribution in [3.05, 3.63) is 10.4 Å². The molecule has 1 aromatic rings. The molecule has 0 unspecified atom stereocenters. The van der Waals surface area contributed by atoms with Crippen molar-refractivity contribution in [2.75, 3.05) is 22.9 Å². The predicted octanol–water partition coefficient (Wildman–Crippen LogP) is 0.390. The van der Waals surface area contributed by atoms with E-state index in [1.165, 1.54) is 0 Å². The smallest absolute Gasteiger partial charge is 0.277 e. The first-order valence-electron chi connectivity index (χ1n) is 4.40. The molecule has 0 atom stereocenters. The molecule has 7 heteroatoms. The van der Waals surface area contributed by atoms with Gasteiger partial charge in [-0.05, 0) is 13.8 Å². The van der Waals surface area contributed by atoms with Crippen LogP contribution in [0.2, 0.25) is 0 Å². The molecule has 0 aliphatic carbocycles. The van der Waals surface area contributed by atoms with E-state index in [1.54, 1.807) is 0 Å². The number of rotatable bonds is 0. The molecule has 84 valence electrons. The summed E-state index contributed by atoms with van der Waals surface area (Å²) in [5.41, 5.74) is 5.47. The van der Waals surface area contributed by atoms with E-state index in [-0.39, 0.29) is 29.5 Å². The molecule has 0 amide bonds. The Labute approximate surface area is 93.1 Å². The van der Waals surface area contributed by atoms with Gasteiger partial charge in [0, 0.05) is 12.1 Å². The predicted molar refractivity (Wildman–Crippen MR) is 62.7 cm³/mol. The highest BCUT2D eigenvalue weighted by Gasteiger charge is 2.26. The Kier molecular flexibility index (Phi) is 2.81. The Morgan fingerprint density at radius 3 is 2.80 bits per heavy atom. The molecule has 2 heterocycles. The van der Waals surface area contributed by atoms with Gasteiger partial charge >= 0.3 is 0 Å². The second-order valence-corrected chi connectivity index (χ2v) is 4.04. The number of nitrogens with one attached hydrogen (secondary N) is 3. The number of fused-ring (bicyclic) bond motifs is 1. The Morgan fingerprint density at radius 2 is 2.13 bits per heavy atom. The molecule has 6 nitrogen and oxygen atoms in total. The number of anilines is 3. The summed E-state index contributed by atoms with van der Waals surface area (Å²) in [6.45, 7) is 4.70. The van der Waals surface area contributed by atoms with Crippen LogP contribution in [0, 0.1) is 0 Å². The second kappa shape index (κ2) is 3.62. The molecule has 1 aliphatic heterocycles. The standard InChI is InChI=1S/C8H13N5O.ClH/c1-8(2)3-10-5-4(13-8)6(14)12-7(9)11-5;/h13H,3H2,1-2H3,(H4,9,10,11,12,14);1H. The number of nitrogens with two attached hydrogens (primary N) is 1. The minimum absolute atomic E-state index is 0. The highest BCUT2D eigenvalue weighted by atomic mass is 35.5. The van der Waals surface area contributed by atoms with Gasteiger partial charge in [0.15, 0.2) is 5.82 Å². The lowest BCUT2D eigenvalue weighted by molar-refractivity contribution is 0.584. The van der Waals surface area contributed by atoms with E-state index >= 15 is 0 Å². The molecule has 0 spiro atoms. The SMILES string of the molecule is CC1(C)CNc2nc(N)[nH]c(=O)c2N1.Cl. The van der Waals surface area contributed by atoms with Gasteiger partial charge < -0.3 is 16.4 Å². The van der Waals surface area contributed by atoms with Crippen molar-refractivity contribution in [1.29, 1.82) is 0 Å². The number of hydrogen-bond acceptors (Lipinski definition) is 5. The van der Waals surface area contributed by atoms with Crippen LogP contribution in [-0.2, 0) is 0 Å². The first kappa shape index (κ1) is 11.6. The van der Waals surface area contributed by atoms with Gasteiger partial charge in [0.25, 0.3) is 5.56 Å². The zero-order valence-corrected chi connectivity index (χ0v) is 9.36. The minimum atomic E-state index is -0.243. The lowest BCUT2D eigenvalue weighted by Gasteiger charge is -2.33. The summed E-state index contributed by atoms with van der Waals surface area (Å²) < 4.78 is 0. The second-order valence-electron chi connectivity index (χ2n) is 4.04. The summed E-state index contributed by atoms with van der Waals surface area (Å²) in [5, 5.41) is 6.17. The van der Waals surface area contributed by atoms with Crippen molar-refractivity contribution in [3.8, 4) is 0 Å². The summed E-state index contributed by atoms with van der Waals surface area (Å²) >= 11 is 0. The molecule has 0 saturated carbocycles. The van der Waals surface area contributed by atoms with E-state index in [0.717, 1.165) is 0 Å². The minimum Gasteiger partial charge on any atom is -0.371 e. The normalized spacial score (nSPS) is 16.7. The largest absolute Gasteiger partial charge is 0.371 e. The lowest BCUT2D eigenvalue weighted by Crippen LogP contribution is -2.44. The Hall–Kier alpha value is -1.43. The summed E-state index contributed by atoms with van der Waals surface area (Å²) in [5.74, 6) is 0.647. The summed E-state index contributed by atoms with van der Waals surface area (Å²) in [6.07, 6.45) is 0. The number of aromatic amines is 1. The Bertz CT molecular complexity index is 428. The van der Waals surface area contributed by atoms with Crippen LogP contribution in [0.1, 0.15) is 13.8 Å². The van der Waals surface area contributed by atoms with Crippen LogP contribution in [0.3, 0.4) is 0 Å². The van der Waals surface area contributed by atoms with Gasteiger partial charge in [-0.2, -0.15) is 4.98 Å². The van der Waals surface area contributed by atoms with Crippen molar-refractivity contribution in [2.24, 2.45) is 0 Å². The van der Waals surface area contributed by atoms with Crippen molar-refractivity contribution in [1.82, 2.24) is 9.97 Å². The van der Waals surface area contributed by atoms with Gasteiger partial charge in [-0.25, -0.2) is 0 Å². The monoisotopic (exact) mass is 231 g/mol. The molecule has 0 fully saturated rings. The number of hydrogen-bond donors (Lipinski definition) is 4. The van der Waals surface area contributed by atoms with Crippen LogP contribution in [0.4, 0.5) is 17.5 Å². The summed E-state index contributed by atoms with van der Waals surface area (Å²) in [4.78, 5) is 17.9. The van der Waals surface area contributed by atoms with Gasteiger partial charge in [0.1, 0.15) is 5.69 Å². The molecule has 5 N–H and O–H groups in total. The molecule has 0 bridgehead atoms. The summed E-state index contributed by atoms with van der Waals surface area (Å²) in [6, 6.07) is 0. The maximum atomic E-state index is 11.5. The highest BCUT2D eigenvalue weighted by molar-refractivity contribution is 5.85. The van der Waals surface area contributed by atoms with E-state index in [1.807, 2.05) is 13.8 Å². The molecule has 2 rings (SSSR count). The zero-order valence-electron chi connectivity index (χ0n) is 8.55. The van der Waals surface area contributed by atoms with E-state index in [4.69, 9.17) is 5.73 Å². The molecular weight excluding hydrogens is 218 g/mol.